The van der Waals surface area contributed by atoms with Crippen molar-refractivity contribution in [2.75, 3.05) is 24.6 Å². The molecular formula is C14H11F5N2OS. The monoisotopic (exact) mass is 350 g/mol. The maximum atomic E-state index is 13.3. The minimum absolute atomic E-state index is 0.218. The number of rotatable bonds is 2. The predicted molar refractivity (Wildman–Crippen MR) is 74.4 cm³/mol. The van der Waals surface area contributed by atoms with E-state index in [1.807, 2.05) is 0 Å². The van der Waals surface area contributed by atoms with Crippen molar-refractivity contribution >= 4 is 16.5 Å². The Morgan fingerprint density at radius 3 is 2.65 bits per heavy atom. The Kier molecular flexibility index (Phi) is 4.24. The Balaban J connectivity index is 1.78. The average Bonchev–Trinajstić information content (AvgIpc) is 3.00. The highest BCUT2D eigenvalue weighted by atomic mass is 32.1. The highest BCUT2D eigenvalue weighted by molar-refractivity contribution is 7.15. The number of thiazole rings is 1. The lowest BCUT2D eigenvalue weighted by atomic mass is 10.1. The molecule has 1 aliphatic heterocycles. The molecule has 124 valence electrons. The number of anilines is 1. The standard InChI is InChI=1S/C14H11F5N2OS/c15-9-2-1-8(5-10(9)16)11-7-21(3-4-22-11)13-20-6-12(23-13)14(17,18)19/h1-2,5-6,11H,3-4,7H2. The second-order valence-corrected chi connectivity index (χ2v) is 5.99. The van der Waals surface area contributed by atoms with Gasteiger partial charge in [-0.05, 0) is 17.7 Å². The normalized spacial score (nSPS) is 19.2. The van der Waals surface area contributed by atoms with Gasteiger partial charge in [0.15, 0.2) is 16.8 Å². The number of aromatic nitrogens is 1. The molecule has 0 bridgehead atoms. The summed E-state index contributed by atoms with van der Waals surface area (Å²) in [5, 5.41) is 0.230. The number of hydrogen-bond acceptors (Lipinski definition) is 4. The van der Waals surface area contributed by atoms with Gasteiger partial charge in [0.25, 0.3) is 0 Å². The van der Waals surface area contributed by atoms with Crippen LogP contribution in [0.15, 0.2) is 24.4 Å². The molecule has 9 heteroatoms. The number of alkyl halides is 3. The molecule has 1 aromatic carbocycles. The first kappa shape index (κ1) is 16.1. The summed E-state index contributed by atoms with van der Waals surface area (Å²) < 4.78 is 69.7. The van der Waals surface area contributed by atoms with Crippen molar-refractivity contribution in [2.45, 2.75) is 12.3 Å². The summed E-state index contributed by atoms with van der Waals surface area (Å²) in [7, 11) is 0. The van der Waals surface area contributed by atoms with Gasteiger partial charge in [-0.1, -0.05) is 17.4 Å². The molecule has 1 saturated heterocycles. The Hall–Kier alpha value is -1.74. The SMILES string of the molecule is Fc1ccc(C2CN(c3ncc(C(F)(F)F)s3)CCO2)cc1F. The molecule has 0 amide bonds. The number of morpholine rings is 1. The summed E-state index contributed by atoms with van der Waals surface area (Å²) in [6, 6.07) is 3.43. The van der Waals surface area contributed by atoms with Crippen LogP contribution in [0.5, 0.6) is 0 Å². The van der Waals surface area contributed by atoms with Crippen LogP contribution in [0.4, 0.5) is 27.1 Å². The van der Waals surface area contributed by atoms with E-state index >= 15 is 0 Å². The van der Waals surface area contributed by atoms with Crippen LogP contribution in [-0.4, -0.2) is 24.7 Å². The third kappa shape index (κ3) is 3.45. The molecule has 0 saturated carbocycles. The smallest absolute Gasteiger partial charge is 0.370 e. The number of nitrogens with zero attached hydrogens (tertiary/aromatic N) is 2. The fourth-order valence-electron chi connectivity index (χ4n) is 2.28. The van der Waals surface area contributed by atoms with Crippen LogP contribution < -0.4 is 4.90 Å². The average molecular weight is 350 g/mol. The minimum Gasteiger partial charge on any atom is -0.370 e. The number of benzene rings is 1. The zero-order chi connectivity index (χ0) is 16.6. The molecule has 1 unspecified atom stereocenters. The van der Waals surface area contributed by atoms with Gasteiger partial charge in [0.1, 0.15) is 11.0 Å². The zero-order valence-electron chi connectivity index (χ0n) is 11.6. The van der Waals surface area contributed by atoms with Gasteiger partial charge in [-0.15, -0.1) is 0 Å². The maximum absolute atomic E-state index is 13.3. The molecule has 0 N–H and O–H groups in total. The lowest BCUT2D eigenvalue weighted by Crippen LogP contribution is -2.38. The summed E-state index contributed by atoms with van der Waals surface area (Å²) in [5.41, 5.74) is 0.432. The third-order valence-electron chi connectivity index (χ3n) is 3.43. The van der Waals surface area contributed by atoms with E-state index in [0.717, 1.165) is 18.3 Å². The van der Waals surface area contributed by atoms with Crippen LogP contribution in [0.3, 0.4) is 0 Å². The molecule has 3 nitrogen and oxygen atoms in total. The van der Waals surface area contributed by atoms with E-state index in [1.54, 1.807) is 4.90 Å². The molecule has 2 heterocycles. The van der Waals surface area contributed by atoms with Crippen molar-refractivity contribution in [1.82, 2.24) is 4.98 Å². The Bertz CT molecular complexity index is 703. The molecule has 1 aliphatic rings. The lowest BCUT2D eigenvalue weighted by Gasteiger charge is -2.33. The number of halogens is 5. The highest BCUT2D eigenvalue weighted by Gasteiger charge is 2.34. The summed E-state index contributed by atoms with van der Waals surface area (Å²) in [5.74, 6) is -1.95. The molecule has 1 fully saturated rings. The topological polar surface area (TPSA) is 25.4 Å². The zero-order valence-corrected chi connectivity index (χ0v) is 12.4. The van der Waals surface area contributed by atoms with E-state index in [9.17, 15) is 22.0 Å². The molecule has 0 aliphatic carbocycles. The largest absolute Gasteiger partial charge is 0.427 e. The van der Waals surface area contributed by atoms with Crippen LogP contribution in [0.2, 0.25) is 0 Å². The Morgan fingerprint density at radius 2 is 2.00 bits per heavy atom. The summed E-state index contributed by atoms with van der Waals surface area (Å²) in [6.45, 7) is 0.853. The van der Waals surface area contributed by atoms with Gasteiger partial charge in [0.05, 0.1) is 19.3 Å². The minimum atomic E-state index is -4.43. The van der Waals surface area contributed by atoms with Crippen LogP contribution in [0.25, 0.3) is 0 Å². The van der Waals surface area contributed by atoms with Crippen LogP contribution in [0, 0.1) is 11.6 Å². The lowest BCUT2D eigenvalue weighted by molar-refractivity contribution is -0.134. The molecular weight excluding hydrogens is 339 g/mol. The summed E-state index contributed by atoms with van der Waals surface area (Å²) in [6.07, 6.45) is -4.19. The van der Waals surface area contributed by atoms with Crippen LogP contribution >= 0.6 is 11.3 Å². The van der Waals surface area contributed by atoms with Gasteiger partial charge in [0.2, 0.25) is 0 Å². The van der Waals surface area contributed by atoms with E-state index in [0.29, 0.717) is 23.4 Å². The van der Waals surface area contributed by atoms with Crippen LogP contribution in [0.1, 0.15) is 16.5 Å². The van der Waals surface area contributed by atoms with Gasteiger partial charge >= 0.3 is 6.18 Å². The van der Waals surface area contributed by atoms with Crippen molar-refractivity contribution in [3.63, 3.8) is 0 Å². The highest BCUT2D eigenvalue weighted by Crippen LogP contribution is 2.37. The van der Waals surface area contributed by atoms with Gasteiger partial charge in [-0.3, -0.25) is 0 Å². The second-order valence-electron chi connectivity index (χ2n) is 4.98. The molecule has 23 heavy (non-hydrogen) atoms. The van der Waals surface area contributed by atoms with E-state index in [2.05, 4.69) is 4.98 Å². The van der Waals surface area contributed by atoms with E-state index in [-0.39, 0.29) is 18.3 Å². The molecule has 2 aromatic rings. The van der Waals surface area contributed by atoms with Gasteiger partial charge < -0.3 is 9.64 Å². The molecule has 1 aromatic heterocycles. The van der Waals surface area contributed by atoms with E-state index in [1.165, 1.54) is 6.07 Å². The van der Waals surface area contributed by atoms with Gasteiger partial charge in [-0.25, -0.2) is 13.8 Å². The summed E-state index contributed by atoms with van der Waals surface area (Å²) in [4.78, 5) is 4.67. The molecule has 0 spiro atoms. The predicted octanol–water partition coefficient (Wildman–Crippen LogP) is 4.02. The first-order valence-electron chi connectivity index (χ1n) is 6.69. The van der Waals surface area contributed by atoms with Crippen molar-refractivity contribution in [1.29, 1.82) is 0 Å². The van der Waals surface area contributed by atoms with Gasteiger partial charge in [-0.2, -0.15) is 13.2 Å². The first-order valence-corrected chi connectivity index (χ1v) is 7.51. The van der Waals surface area contributed by atoms with Crippen molar-refractivity contribution < 1.29 is 26.7 Å². The van der Waals surface area contributed by atoms with Crippen molar-refractivity contribution in [2.24, 2.45) is 0 Å². The molecule has 1 atom stereocenters. The Labute approximate surface area is 132 Å². The molecule has 0 radical (unpaired) electrons. The third-order valence-corrected chi connectivity index (χ3v) is 4.53. The molecule has 3 rings (SSSR count). The van der Waals surface area contributed by atoms with Crippen molar-refractivity contribution in [3.05, 3.63) is 46.5 Å². The van der Waals surface area contributed by atoms with E-state index < -0.39 is 28.8 Å². The Morgan fingerprint density at radius 1 is 1.22 bits per heavy atom. The quantitative estimate of drug-likeness (QED) is 0.765. The van der Waals surface area contributed by atoms with E-state index in [4.69, 9.17) is 4.74 Å². The van der Waals surface area contributed by atoms with Crippen LogP contribution in [-0.2, 0) is 10.9 Å². The van der Waals surface area contributed by atoms with Gasteiger partial charge in [0, 0.05) is 6.54 Å². The first-order chi connectivity index (χ1) is 10.8. The number of ether oxygens (including phenoxy) is 1. The fraction of sp³-hybridized carbons (Fsp3) is 0.357. The van der Waals surface area contributed by atoms with Crippen molar-refractivity contribution in [3.8, 4) is 0 Å². The maximum Gasteiger partial charge on any atom is 0.427 e. The number of hydrogen-bond donors (Lipinski definition) is 0. The fourth-order valence-corrected chi connectivity index (χ4v) is 3.10. The second kappa shape index (κ2) is 6.04. The summed E-state index contributed by atoms with van der Waals surface area (Å²) >= 11 is 0.549.